The lowest BCUT2D eigenvalue weighted by atomic mass is 9.86. The fourth-order valence-corrected chi connectivity index (χ4v) is 2.58. The molecule has 0 saturated carbocycles. The second-order valence-corrected chi connectivity index (χ2v) is 5.27. The number of rotatable bonds is 4. The molecule has 0 aromatic heterocycles. The molecular weight excluding hydrogens is 212 g/mol. The van der Waals surface area contributed by atoms with Crippen molar-refractivity contribution in [1.82, 2.24) is 0 Å². The summed E-state index contributed by atoms with van der Waals surface area (Å²) in [5, 5.41) is 10.2. The van der Waals surface area contributed by atoms with Crippen molar-refractivity contribution in [1.29, 1.82) is 0 Å². The Hall–Kier alpha value is -1.02. The van der Waals surface area contributed by atoms with Crippen molar-refractivity contribution in [3.8, 4) is 5.75 Å². The van der Waals surface area contributed by atoms with Crippen LogP contribution in [-0.4, -0.2) is 10.7 Å². The molecule has 0 amide bonds. The van der Waals surface area contributed by atoms with Gasteiger partial charge in [0.15, 0.2) is 0 Å². The third-order valence-electron chi connectivity index (χ3n) is 3.57. The average molecular weight is 234 g/mol. The molecule has 1 unspecified atom stereocenters. The summed E-state index contributed by atoms with van der Waals surface area (Å²) in [5.74, 6) is 0.852. The minimum Gasteiger partial charge on any atom is -0.487 e. The third-order valence-corrected chi connectivity index (χ3v) is 3.57. The van der Waals surface area contributed by atoms with E-state index in [2.05, 4.69) is 13.8 Å². The Balaban J connectivity index is 2.09. The summed E-state index contributed by atoms with van der Waals surface area (Å²) < 4.78 is 6.08. The summed E-state index contributed by atoms with van der Waals surface area (Å²) in [4.78, 5) is 0. The van der Waals surface area contributed by atoms with Gasteiger partial charge in [0.2, 0.25) is 0 Å². The number of benzene rings is 1. The maximum Gasteiger partial charge on any atom is 0.125 e. The van der Waals surface area contributed by atoms with Crippen LogP contribution < -0.4 is 4.74 Å². The molecule has 1 heterocycles. The molecule has 0 bridgehead atoms. The first-order chi connectivity index (χ1) is 8.14. The Labute approximate surface area is 104 Å². The topological polar surface area (TPSA) is 29.5 Å². The van der Waals surface area contributed by atoms with Crippen molar-refractivity contribution in [3.05, 3.63) is 29.8 Å². The van der Waals surface area contributed by atoms with E-state index in [0.29, 0.717) is 6.42 Å². The molecule has 0 radical (unpaired) electrons. The molecule has 94 valence electrons. The normalized spacial score (nSPS) is 27.4. The van der Waals surface area contributed by atoms with Crippen molar-refractivity contribution < 1.29 is 9.84 Å². The van der Waals surface area contributed by atoms with Crippen molar-refractivity contribution in [2.75, 3.05) is 0 Å². The van der Waals surface area contributed by atoms with E-state index in [0.717, 1.165) is 17.7 Å². The van der Waals surface area contributed by atoms with Gasteiger partial charge in [-0.15, -0.1) is 0 Å². The van der Waals surface area contributed by atoms with Gasteiger partial charge < -0.3 is 9.84 Å². The number of unbranched alkanes of at least 4 members (excludes halogenated alkanes) is 2. The second-order valence-electron chi connectivity index (χ2n) is 5.27. The van der Waals surface area contributed by atoms with Crippen molar-refractivity contribution in [2.24, 2.45) is 0 Å². The number of ether oxygens (including phenoxy) is 1. The Bertz CT molecular complexity index is 375. The van der Waals surface area contributed by atoms with E-state index >= 15 is 0 Å². The van der Waals surface area contributed by atoms with Crippen LogP contribution in [0.2, 0.25) is 0 Å². The molecule has 1 aromatic rings. The Morgan fingerprint density at radius 1 is 1.35 bits per heavy atom. The van der Waals surface area contributed by atoms with Crippen LogP contribution in [0.3, 0.4) is 0 Å². The molecule has 0 fully saturated rings. The highest BCUT2D eigenvalue weighted by Gasteiger charge is 2.35. The molecule has 0 spiro atoms. The Morgan fingerprint density at radius 3 is 2.88 bits per heavy atom. The monoisotopic (exact) mass is 234 g/mol. The molecule has 17 heavy (non-hydrogen) atoms. The predicted molar refractivity (Wildman–Crippen MR) is 69.2 cm³/mol. The molecule has 2 nitrogen and oxygen atoms in total. The first-order valence-corrected chi connectivity index (χ1v) is 6.60. The van der Waals surface area contributed by atoms with Crippen LogP contribution in [0.1, 0.15) is 57.6 Å². The van der Waals surface area contributed by atoms with Crippen molar-refractivity contribution >= 4 is 0 Å². The van der Waals surface area contributed by atoms with Gasteiger partial charge in [-0.2, -0.15) is 0 Å². The van der Waals surface area contributed by atoms with E-state index < -0.39 is 0 Å². The SMILES string of the molecule is CCCCCC1(C)C[C@H](O)c2ccccc2O1. The van der Waals surface area contributed by atoms with Crippen molar-refractivity contribution in [3.63, 3.8) is 0 Å². The highest BCUT2D eigenvalue weighted by Crippen LogP contribution is 2.41. The maximum absolute atomic E-state index is 10.2. The van der Waals surface area contributed by atoms with Crippen LogP contribution in [0.25, 0.3) is 0 Å². The first kappa shape index (κ1) is 12.4. The number of fused-ring (bicyclic) bond motifs is 1. The maximum atomic E-state index is 10.2. The molecule has 2 atom stereocenters. The van der Waals surface area contributed by atoms with E-state index in [9.17, 15) is 5.11 Å². The number of aliphatic hydroxyl groups is 1. The van der Waals surface area contributed by atoms with Gasteiger partial charge in [-0.25, -0.2) is 0 Å². The van der Waals surface area contributed by atoms with Gasteiger partial charge in [-0.3, -0.25) is 0 Å². The van der Waals surface area contributed by atoms with Crippen LogP contribution in [0, 0.1) is 0 Å². The number of para-hydroxylation sites is 1. The van der Waals surface area contributed by atoms with E-state index in [-0.39, 0.29) is 11.7 Å². The molecule has 0 saturated heterocycles. The zero-order valence-corrected chi connectivity index (χ0v) is 10.8. The zero-order chi connectivity index (χ0) is 12.3. The minimum atomic E-state index is -0.383. The lowest BCUT2D eigenvalue weighted by Gasteiger charge is -2.38. The van der Waals surface area contributed by atoms with Gasteiger partial charge in [0.25, 0.3) is 0 Å². The lowest BCUT2D eigenvalue weighted by Crippen LogP contribution is -2.38. The standard InChI is InChI=1S/C15H22O2/c1-3-4-7-10-15(2)11-13(16)12-8-5-6-9-14(12)17-15/h5-6,8-9,13,16H,3-4,7,10-11H2,1-2H3/t13-,15?/m0/s1. The van der Waals surface area contributed by atoms with Crippen LogP contribution in [0.15, 0.2) is 24.3 Å². The molecule has 2 heteroatoms. The van der Waals surface area contributed by atoms with E-state index in [1.54, 1.807) is 0 Å². The summed E-state index contributed by atoms with van der Waals surface area (Å²) in [6.07, 6.45) is 4.96. The Morgan fingerprint density at radius 2 is 2.12 bits per heavy atom. The number of hydrogen-bond donors (Lipinski definition) is 1. The number of hydrogen-bond acceptors (Lipinski definition) is 2. The predicted octanol–water partition coefficient (Wildman–Crippen LogP) is 3.84. The smallest absolute Gasteiger partial charge is 0.125 e. The highest BCUT2D eigenvalue weighted by atomic mass is 16.5. The first-order valence-electron chi connectivity index (χ1n) is 6.60. The van der Waals surface area contributed by atoms with Gasteiger partial charge in [-0.05, 0) is 25.8 Å². The summed E-state index contributed by atoms with van der Waals surface area (Å²) >= 11 is 0. The number of aliphatic hydroxyl groups excluding tert-OH is 1. The average Bonchev–Trinajstić information content (AvgIpc) is 2.29. The molecular formula is C15H22O2. The molecule has 0 aliphatic carbocycles. The van der Waals surface area contributed by atoms with Crippen LogP contribution in [0.5, 0.6) is 5.75 Å². The lowest BCUT2D eigenvalue weighted by molar-refractivity contribution is -0.00842. The highest BCUT2D eigenvalue weighted by molar-refractivity contribution is 5.37. The van der Waals surface area contributed by atoms with E-state index in [1.807, 2.05) is 24.3 Å². The summed E-state index contributed by atoms with van der Waals surface area (Å²) in [5.41, 5.74) is 0.726. The van der Waals surface area contributed by atoms with Gasteiger partial charge in [0, 0.05) is 12.0 Å². The van der Waals surface area contributed by atoms with Crippen LogP contribution >= 0.6 is 0 Å². The van der Waals surface area contributed by atoms with Gasteiger partial charge in [0.05, 0.1) is 6.10 Å². The fourth-order valence-electron chi connectivity index (χ4n) is 2.58. The largest absolute Gasteiger partial charge is 0.487 e. The van der Waals surface area contributed by atoms with Crippen molar-refractivity contribution in [2.45, 2.75) is 57.7 Å². The molecule has 1 aliphatic rings. The molecule has 2 rings (SSSR count). The van der Waals surface area contributed by atoms with E-state index in [1.165, 1.54) is 19.3 Å². The summed E-state index contributed by atoms with van der Waals surface area (Å²) in [7, 11) is 0. The van der Waals surface area contributed by atoms with Crippen LogP contribution in [0.4, 0.5) is 0 Å². The van der Waals surface area contributed by atoms with E-state index in [4.69, 9.17) is 4.74 Å². The Kier molecular flexibility index (Phi) is 3.72. The second kappa shape index (κ2) is 5.09. The van der Waals surface area contributed by atoms with Gasteiger partial charge in [0.1, 0.15) is 11.4 Å². The van der Waals surface area contributed by atoms with Gasteiger partial charge >= 0.3 is 0 Å². The zero-order valence-electron chi connectivity index (χ0n) is 10.8. The quantitative estimate of drug-likeness (QED) is 0.802. The van der Waals surface area contributed by atoms with Gasteiger partial charge in [-0.1, -0.05) is 38.0 Å². The summed E-state index contributed by atoms with van der Waals surface area (Å²) in [6.45, 7) is 4.32. The fraction of sp³-hybridized carbons (Fsp3) is 0.600. The van der Waals surface area contributed by atoms with Crippen LogP contribution in [-0.2, 0) is 0 Å². The third kappa shape index (κ3) is 2.81. The molecule has 1 N–H and O–H groups in total. The minimum absolute atomic E-state index is 0.205. The molecule has 1 aromatic carbocycles. The summed E-state index contributed by atoms with van der Waals surface area (Å²) in [6, 6.07) is 7.82. The molecule has 1 aliphatic heterocycles.